The first-order valence-electron chi connectivity index (χ1n) is 9.24. The van der Waals surface area contributed by atoms with Crippen molar-refractivity contribution in [2.24, 2.45) is 5.92 Å². The largest absolute Gasteiger partial charge is 0.312 e. The van der Waals surface area contributed by atoms with Crippen LogP contribution >= 0.6 is 0 Å². The molecule has 0 amide bonds. The highest BCUT2D eigenvalue weighted by Gasteiger charge is 2.32. The highest BCUT2D eigenvalue weighted by molar-refractivity contribution is 4.91. The Morgan fingerprint density at radius 1 is 1.00 bits per heavy atom. The average Bonchev–Trinajstić information content (AvgIpc) is 2.47. The molecule has 1 N–H and O–H groups in total. The lowest BCUT2D eigenvalue weighted by Crippen LogP contribution is -2.53. The molecule has 1 aliphatic carbocycles. The Hall–Kier alpha value is -0.0800. The van der Waals surface area contributed by atoms with Crippen LogP contribution in [0.2, 0.25) is 0 Å². The van der Waals surface area contributed by atoms with Crippen LogP contribution in [0.4, 0.5) is 0 Å². The first-order valence-corrected chi connectivity index (χ1v) is 9.24. The fourth-order valence-corrected chi connectivity index (χ4v) is 3.79. The molecule has 3 unspecified atom stereocenters. The Labute approximate surface area is 127 Å². The van der Waals surface area contributed by atoms with Crippen LogP contribution in [-0.2, 0) is 0 Å². The van der Waals surface area contributed by atoms with Crippen LogP contribution in [0.25, 0.3) is 0 Å². The van der Waals surface area contributed by atoms with Crippen molar-refractivity contribution in [3.8, 4) is 0 Å². The highest BCUT2D eigenvalue weighted by Crippen LogP contribution is 2.31. The maximum absolute atomic E-state index is 3.83. The molecule has 0 heterocycles. The van der Waals surface area contributed by atoms with Crippen LogP contribution in [0, 0.1) is 5.92 Å². The van der Waals surface area contributed by atoms with E-state index in [1.807, 2.05) is 0 Å². The van der Waals surface area contributed by atoms with Crippen molar-refractivity contribution >= 4 is 0 Å². The third kappa shape index (κ3) is 5.73. The fraction of sp³-hybridized carbons (Fsp3) is 1.00. The molecular formula is C18H38N2. The number of unbranched alkanes of at least 4 members (excludes halogenated alkanes) is 1. The Balaban J connectivity index is 2.62. The van der Waals surface area contributed by atoms with Gasteiger partial charge in [-0.1, -0.05) is 47.0 Å². The molecule has 1 rings (SSSR count). The number of nitrogens with one attached hydrogen (secondary N) is 1. The molecule has 0 spiro atoms. The van der Waals surface area contributed by atoms with Crippen molar-refractivity contribution in [2.45, 2.75) is 91.1 Å². The zero-order valence-electron chi connectivity index (χ0n) is 14.5. The zero-order chi connectivity index (χ0) is 14.8. The highest BCUT2D eigenvalue weighted by atomic mass is 15.2. The summed E-state index contributed by atoms with van der Waals surface area (Å²) in [5, 5.41) is 3.83. The molecule has 0 aliphatic heterocycles. The van der Waals surface area contributed by atoms with Gasteiger partial charge in [0.15, 0.2) is 0 Å². The third-order valence-electron chi connectivity index (χ3n) is 4.95. The second-order valence-electron chi connectivity index (χ2n) is 6.58. The molecule has 0 radical (unpaired) electrons. The van der Waals surface area contributed by atoms with Crippen LogP contribution in [-0.4, -0.2) is 36.6 Å². The van der Waals surface area contributed by atoms with Gasteiger partial charge < -0.3 is 5.32 Å². The molecule has 2 heteroatoms. The summed E-state index contributed by atoms with van der Waals surface area (Å²) in [4.78, 5) is 2.76. The van der Waals surface area contributed by atoms with E-state index >= 15 is 0 Å². The molecular weight excluding hydrogens is 244 g/mol. The van der Waals surface area contributed by atoms with Crippen LogP contribution in [0.15, 0.2) is 0 Å². The van der Waals surface area contributed by atoms with E-state index in [0.717, 1.165) is 18.0 Å². The molecule has 20 heavy (non-hydrogen) atoms. The van der Waals surface area contributed by atoms with E-state index in [0.29, 0.717) is 0 Å². The lowest BCUT2D eigenvalue weighted by atomic mass is 9.79. The van der Waals surface area contributed by atoms with Crippen LogP contribution in [0.5, 0.6) is 0 Å². The summed E-state index contributed by atoms with van der Waals surface area (Å²) in [6, 6.07) is 1.52. The Morgan fingerprint density at radius 3 is 2.40 bits per heavy atom. The third-order valence-corrected chi connectivity index (χ3v) is 4.95. The van der Waals surface area contributed by atoms with Crippen molar-refractivity contribution in [1.82, 2.24) is 10.2 Å². The molecule has 0 aromatic heterocycles. The van der Waals surface area contributed by atoms with Gasteiger partial charge in [0.1, 0.15) is 0 Å². The minimum atomic E-state index is 0.736. The molecule has 2 nitrogen and oxygen atoms in total. The van der Waals surface area contributed by atoms with Gasteiger partial charge in [-0.3, -0.25) is 4.90 Å². The topological polar surface area (TPSA) is 15.3 Å². The van der Waals surface area contributed by atoms with E-state index in [4.69, 9.17) is 0 Å². The van der Waals surface area contributed by atoms with Crippen molar-refractivity contribution in [3.63, 3.8) is 0 Å². The predicted molar refractivity (Wildman–Crippen MR) is 90.3 cm³/mol. The summed E-state index contributed by atoms with van der Waals surface area (Å²) in [6.45, 7) is 13.0. The van der Waals surface area contributed by atoms with E-state index in [2.05, 4.69) is 37.9 Å². The smallest absolute Gasteiger partial charge is 0.0251 e. The van der Waals surface area contributed by atoms with E-state index < -0.39 is 0 Å². The first-order chi connectivity index (χ1) is 9.76. The molecule has 1 fully saturated rings. The standard InChI is InChI=1S/C18H38N2/c1-5-9-14-20(8-4)18-15-16(10-6-2)11-12-17(18)19-13-7-3/h16-19H,5-15H2,1-4H3. The number of hydrogen-bond acceptors (Lipinski definition) is 2. The average molecular weight is 283 g/mol. The van der Waals surface area contributed by atoms with E-state index in [9.17, 15) is 0 Å². The van der Waals surface area contributed by atoms with Gasteiger partial charge in [-0.05, 0) is 57.7 Å². The Morgan fingerprint density at radius 2 is 1.80 bits per heavy atom. The van der Waals surface area contributed by atoms with Gasteiger partial charge in [-0.25, -0.2) is 0 Å². The molecule has 1 saturated carbocycles. The summed E-state index contributed by atoms with van der Waals surface area (Å²) in [6.07, 6.45) is 11.0. The molecule has 0 bridgehead atoms. The number of hydrogen-bond donors (Lipinski definition) is 1. The van der Waals surface area contributed by atoms with Crippen LogP contribution < -0.4 is 5.32 Å². The normalized spacial score (nSPS) is 27.1. The minimum absolute atomic E-state index is 0.736. The predicted octanol–water partition coefficient (Wildman–Crippen LogP) is 4.45. The zero-order valence-corrected chi connectivity index (χ0v) is 14.5. The van der Waals surface area contributed by atoms with Gasteiger partial charge in [-0.15, -0.1) is 0 Å². The van der Waals surface area contributed by atoms with Crippen LogP contribution in [0.3, 0.4) is 0 Å². The molecule has 0 aromatic carbocycles. The van der Waals surface area contributed by atoms with Crippen LogP contribution in [0.1, 0.15) is 79.1 Å². The lowest BCUT2D eigenvalue weighted by Gasteiger charge is -2.43. The lowest BCUT2D eigenvalue weighted by molar-refractivity contribution is 0.0968. The van der Waals surface area contributed by atoms with E-state index in [-0.39, 0.29) is 0 Å². The molecule has 120 valence electrons. The molecule has 3 atom stereocenters. The number of nitrogens with zero attached hydrogens (tertiary/aromatic N) is 1. The second kappa shape index (κ2) is 10.6. The SMILES string of the molecule is CCCCN(CC)C1CC(CCC)CCC1NCCC. The van der Waals surface area contributed by atoms with Gasteiger partial charge in [0.2, 0.25) is 0 Å². The maximum Gasteiger partial charge on any atom is 0.0251 e. The monoisotopic (exact) mass is 282 g/mol. The van der Waals surface area contributed by atoms with Crippen molar-refractivity contribution in [1.29, 1.82) is 0 Å². The summed E-state index contributed by atoms with van der Waals surface area (Å²) >= 11 is 0. The Bertz CT molecular complexity index is 219. The summed E-state index contributed by atoms with van der Waals surface area (Å²) < 4.78 is 0. The Kier molecular flexibility index (Phi) is 9.54. The number of likely N-dealkylation sites (N-methyl/N-ethyl adjacent to an activating group) is 1. The van der Waals surface area contributed by atoms with Gasteiger partial charge in [-0.2, -0.15) is 0 Å². The van der Waals surface area contributed by atoms with Gasteiger partial charge in [0, 0.05) is 12.1 Å². The molecule has 0 aromatic rings. The van der Waals surface area contributed by atoms with E-state index in [1.54, 1.807) is 0 Å². The first kappa shape index (κ1) is 18.0. The summed E-state index contributed by atoms with van der Waals surface area (Å²) in [7, 11) is 0. The quantitative estimate of drug-likeness (QED) is 0.637. The van der Waals surface area contributed by atoms with Gasteiger partial charge >= 0.3 is 0 Å². The van der Waals surface area contributed by atoms with E-state index in [1.165, 1.54) is 71.0 Å². The number of rotatable bonds is 10. The molecule has 0 saturated heterocycles. The fourth-order valence-electron chi connectivity index (χ4n) is 3.79. The maximum atomic E-state index is 3.83. The molecule has 1 aliphatic rings. The summed E-state index contributed by atoms with van der Waals surface area (Å²) in [5.41, 5.74) is 0. The van der Waals surface area contributed by atoms with Gasteiger partial charge in [0.05, 0.1) is 0 Å². The van der Waals surface area contributed by atoms with Crippen molar-refractivity contribution in [3.05, 3.63) is 0 Å². The second-order valence-corrected chi connectivity index (χ2v) is 6.58. The minimum Gasteiger partial charge on any atom is -0.312 e. The summed E-state index contributed by atoms with van der Waals surface area (Å²) in [5.74, 6) is 0.973. The van der Waals surface area contributed by atoms with Crippen molar-refractivity contribution in [2.75, 3.05) is 19.6 Å². The van der Waals surface area contributed by atoms with Gasteiger partial charge in [0.25, 0.3) is 0 Å². The van der Waals surface area contributed by atoms with Crippen molar-refractivity contribution < 1.29 is 0 Å².